The van der Waals surface area contributed by atoms with Gasteiger partial charge in [0.25, 0.3) is 0 Å². The molecule has 0 bridgehead atoms. The Kier molecular flexibility index (Phi) is 6.34. The summed E-state index contributed by atoms with van der Waals surface area (Å²) in [5.74, 6) is -1.11. The Morgan fingerprint density at radius 1 is 1.30 bits per heavy atom. The summed E-state index contributed by atoms with van der Waals surface area (Å²) >= 11 is 0. The van der Waals surface area contributed by atoms with Crippen LogP contribution in [0.2, 0.25) is 0 Å². The van der Waals surface area contributed by atoms with Crippen LogP contribution < -0.4 is 0 Å². The molecule has 164 valence electrons. The summed E-state index contributed by atoms with van der Waals surface area (Å²) in [4.78, 5) is 50.2. The van der Waals surface area contributed by atoms with Crippen molar-refractivity contribution in [2.75, 3.05) is 6.61 Å². The smallest absolute Gasteiger partial charge is 0.333 e. The molecule has 3 aliphatic rings. The molecule has 5 atom stereocenters. The number of ether oxygens (including phenoxy) is 2. The predicted molar refractivity (Wildman–Crippen MR) is 110 cm³/mol. The van der Waals surface area contributed by atoms with Gasteiger partial charge in [0.05, 0.1) is 0 Å². The van der Waals surface area contributed by atoms with Crippen molar-refractivity contribution in [1.82, 2.24) is 0 Å². The van der Waals surface area contributed by atoms with Crippen LogP contribution in [0.15, 0.2) is 23.8 Å². The van der Waals surface area contributed by atoms with Crippen LogP contribution >= 0.6 is 0 Å². The fourth-order valence-electron chi connectivity index (χ4n) is 5.53. The van der Waals surface area contributed by atoms with Gasteiger partial charge in [0, 0.05) is 24.5 Å². The third-order valence-electron chi connectivity index (χ3n) is 7.77. The lowest BCUT2D eigenvalue weighted by atomic mass is 9.46. The monoisotopic (exact) mass is 416 g/mol. The molecule has 1 unspecified atom stereocenters. The maximum Gasteiger partial charge on any atom is 0.333 e. The summed E-state index contributed by atoms with van der Waals surface area (Å²) in [5.41, 5.74) is -1.10. The van der Waals surface area contributed by atoms with Crippen LogP contribution in [-0.4, -0.2) is 36.2 Å². The van der Waals surface area contributed by atoms with Crippen molar-refractivity contribution in [3.63, 3.8) is 0 Å². The number of ketones is 2. The lowest BCUT2D eigenvalue weighted by Gasteiger charge is -2.56. The van der Waals surface area contributed by atoms with Crippen molar-refractivity contribution in [2.24, 2.45) is 22.7 Å². The summed E-state index contributed by atoms with van der Waals surface area (Å²) in [6.45, 7) is 7.43. The number of hydrogen-bond acceptors (Lipinski definition) is 6. The van der Waals surface area contributed by atoms with Gasteiger partial charge in [-0.25, -0.2) is 9.59 Å². The maximum absolute atomic E-state index is 13.3. The molecule has 0 saturated heterocycles. The van der Waals surface area contributed by atoms with Crippen LogP contribution in [0.1, 0.15) is 66.2 Å². The first-order chi connectivity index (χ1) is 14.1. The van der Waals surface area contributed by atoms with Gasteiger partial charge in [0.2, 0.25) is 0 Å². The standard InChI is InChI=1S/C24H32O6/c1-5-15(2)22(28)29-14-24-18(7-6-8-19(24)25)23(4,16(3)13-20(24)26)12-11-17-9-10-21(27)30-17/h5,9-10,16-18H,6-8,11-14H2,1-4H3/b15-5+/t16-,17?,18-,23+,24-/m1/s1. The minimum absolute atomic E-state index is 0.0862. The van der Waals surface area contributed by atoms with Gasteiger partial charge in [-0.2, -0.15) is 0 Å². The molecule has 2 fully saturated rings. The van der Waals surface area contributed by atoms with Gasteiger partial charge < -0.3 is 9.47 Å². The first-order valence-electron chi connectivity index (χ1n) is 10.9. The number of rotatable bonds is 6. The normalized spacial score (nSPS) is 36.5. The fourth-order valence-corrected chi connectivity index (χ4v) is 5.53. The molecule has 2 saturated carbocycles. The van der Waals surface area contributed by atoms with Crippen molar-refractivity contribution < 1.29 is 28.7 Å². The quantitative estimate of drug-likeness (QED) is 0.373. The van der Waals surface area contributed by atoms with Gasteiger partial charge in [-0.05, 0) is 62.9 Å². The van der Waals surface area contributed by atoms with Gasteiger partial charge in [-0.3, -0.25) is 9.59 Å². The predicted octanol–water partition coefficient (Wildman–Crippen LogP) is 3.73. The van der Waals surface area contributed by atoms with E-state index in [1.165, 1.54) is 6.08 Å². The number of fused-ring (bicyclic) bond motifs is 1. The maximum atomic E-state index is 13.3. The molecular formula is C24H32O6. The van der Waals surface area contributed by atoms with Gasteiger partial charge in [-0.15, -0.1) is 0 Å². The Morgan fingerprint density at radius 3 is 2.67 bits per heavy atom. The van der Waals surface area contributed by atoms with E-state index in [1.54, 1.807) is 26.0 Å². The van der Waals surface area contributed by atoms with E-state index in [4.69, 9.17) is 9.47 Å². The number of allylic oxidation sites excluding steroid dienone is 1. The third-order valence-corrected chi connectivity index (χ3v) is 7.77. The average molecular weight is 417 g/mol. The zero-order valence-electron chi connectivity index (χ0n) is 18.4. The molecule has 2 aliphatic carbocycles. The molecule has 0 radical (unpaired) electrons. The van der Waals surface area contributed by atoms with E-state index in [0.29, 0.717) is 24.8 Å². The van der Waals surface area contributed by atoms with Gasteiger partial charge in [0.1, 0.15) is 29.7 Å². The minimum Gasteiger partial charge on any atom is -0.461 e. The topological polar surface area (TPSA) is 86.7 Å². The summed E-state index contributed by atoms with van der Waals surface area (Å²) < 4.78 is 10.8. The fraction of sp³-hybridized carbons (Fsp3) is 0.667. The van der Waals surface area contributed by atoms with Crippen LogP contribution in [0, 0.1) is 22.7 Å². The summed E-state index contributed by atoms with van der Waals surface area (Å²) in [5, 5.41) is 0. The zero-order valence-corrected chi connectivity index (χ0v) is 18.4. The van der Waals surface area contributed by atoms with E-state index < -0.39 is 11.4 Å². The van der Waals surface area contributed by atoms with E-state index >= 15 is 0 Å². The van der Waals surface area contributed by atoms with Crippen LogP contribution in [0.25, 0.3) is 0 Å². The van der Waals surface area contributed by atoms with Crippen molar-refractivity contribution in [3.05, 3.63) is 23.8 Å². The summed E-state index contributed by atoms with van der Waals surface area (Å²) in [7, 11) is 0. The molecule has 0 aromatic carbocycles. The molecule has 0 N–H and O–H groups in total. The molecular weight excluding hydrogens is 384 g/mol. The second-order valence-corrected chi connectivity index (χ2v) is 9.29. The molecule has 0 aromatic rings. The Bertz CT molecular complexity index is 809. The highest BCUT2D eigenvalue weighted by atomic mass is 16.5. The molecule has 6 heteroatoms. The number of esters is 2. The Morgan fingerprint density at radius 2 is 2.03 bits per heavy atom. The highest BCUT2D eigenvalue weighted by Gasteiger charge is 2.63. The van der Waals surface area contributed by atoms with E-state index in [-0.39, 0.29) is 47.5 Å². The molecule has 1 heterocycles. The van der Waals surface area contributed by atoms with Crippen LogP contribution in [0.3, 0.4) is 0 Å². The number of hydrogen-bond donors (Lipinski definition) is 0. The van der Waals surface area contributed by atoms with E-state index in [9.17, 15) is 19.2 Å². The Labute approximate surface area is 178 Å². The number of carbonyl (C=O) groups is 4. The Balaban J connectivity index is 1.88. The van der Waals surface area contributed by atoms with Crippen molar-refractivity contribution >= 4 is 23.5 Å². The minimum atomic E-state index is -1.26. The largest absolute Gasteiger partial charge is 0.461 e. The zero-order chi connectivity index (χ0) is 22.1. The van der Waals surface area contributed by atoms with Gasteiger partial charge in [0.15, 0.2) is 0 Å². The Hall–Kier alpha value is -2.24. The van der Waals surface area contributed by atoms with Crippen LogP contribution in [-0.2, 0) is 28.7 Å². The van der Waals surface area contributed by atoms with Crippen LogP contribution in [0.5, 0.6) is 0 Å². The third kappa shape index (κ3) is 3.77. The molecule has 0 spiro atoms. The highest BCUT2D eigenvalue weighted by molar-refractivity contribution is 6.09. The van der Waals surface area contributed by atoms with Gasteiger partial charge in [-0.1, -0.05) is 19.9 Å². The molecule has 3 rings (SSSR count). The van der Waals surface area contributed by atoms with Crippen LogP contribution in [0.4, 0.5) is 0 Å². The van der Waals surface area contributed by atoms with Crippen molar-refractivity contribution in [2.45, 2.75) is 72.3 Å². The lowest BCUT2D eigenvalue weighted by Crippen LogP contribution is -2.61. The second-order valence-electron chi connectivity index (χ2n) is 9.29. The second kappa shape index (κ2) is 8.48. The van der Waals surface area contributed by atoms with Gasteiger partial charge >= 0.3 is 11.9 Å². The number of Topliss-reactive ketones (excluding diaryl/α,β-unsaturated/α-hetero) is 2. The van der Waals surface area contributed by atoms with E-state index in [2.05, 4.69) is 13.8 Å². The highest BCUT2D eigenvalue weighted by Crippen LogP contribution is 2.59. The summed E-state index contributed by atoms with van der Waals surface area (Å²) in [6, 6.07) is 0. The summed E-state index contributed by atoms with van der Waals surface area (Å²) in [6.07, 6.45) is 8.10. The number of cyclic esters (lactones) is 1. The average Bonchev–Trinajstić information content (AvgIpc) is 3.14. The molecule has 0 amide bonds. The van der Waals surface area contributed by atoms with E-state index in [0.717, 1.165) is 19.3 Å². The first-order valence-corrected chi connectivity index (χ1v) is 10.9. The molecule has 1 aliphatic heterocycles. The first kappa shape index (κ1) is 22.4. The SMILES string of the molecule is C/C=C(\C)C(=O)OC[C@]12C(=O)CCC[C@@H]1[C@@](C)(CCC1C=CC(=O)O1)[C@H](C)CC2=O. The molecule has 6 nitrogen and oxygen atoms in total. The molecule has 0 aromatic heterocycles. The van der Waals surface area contributed by atoms with Crippen molar-refractivity contribution in [1.29, 1.82) is 0 Å². The van der Waals surface area contributed by atoms with E-state index in [1.807, 2.05) is 0 Å². The number of carbonyl (C=O) groups excluding carboxylic acids is 4. The van der Waals surface area contributed by atoms with Crippen molar-refractivity contribution in [3.8, 4) is 0 Å². The molecule has 30 heavy (non-hydrogen) atoms. The lowest BCUT2D eigenvalue weighted by molar-refractivity contribution is -0.175.